The normalized spacial score (nSPS) is 13.7. The third kappa shape index (κ3) is 7.37. The van der Waals surface area contributed by atoms with Crippen molar-refractivity contribution in [2.45, 2.75) is 66.1 Å². The molecule has 0 aliphatic heterocycles. The second-order valence-electron chi connectivity index (χ2n) is 5.10. The molecule has 0 aliphatic rings. The fourth-order valence-corrected chi connectivity index (χ4v) is 1.50. The van der Waals surface area contributed by atoms with Gasteiger partial charge in [-0.05, 0) is 19.8 Å². The van der Waals surface area contributed by atoms with Crippen LogP contribution in [0.4, 0.5) is 0 Å². The Morgan fingerprint density at radius 3 is 1.87 bits per heavy atom. The van der Waals surface area contributed by atoms with E-state index in [-0.39, 0.29) is 18.0 Å². The van der Waals surface area contributed by atoms with Crippen LogP contribution in [-0.4, -0.2) is 24.0 Å². The van der Waals surface area contributed by atoms with Crippen LogP contribution >= 0.6 is 0 Å². The lowest BCUT2D eigenvalue weighted by Gasteiger charge is -2.24. The first-order valence-electron chi connectivity index (χ1n) is 5.88. The first-order valence-corrected chi connectivity index (χ1v) is 5.88. The molecule has 0 radical (unpaired) electrons. The van der Waals surface area contributed by atoms with Crippen LogP contribution in [0, 0.1) is 5.92 Å². The van der Waals surface area contributed by atoms with Crippen LogP contribution in [0.5, 0.6) is 0 Å². The topological polar surface area (TPSA) is 41.1 Å². The van der Waals surface area contributed by atoms with Crippen LogP contribution in [0.15, 0.2) is 0 Å². The zero-order valence-corrected chi connectivity index (χ0v) is 10.9. The second kappa shape index (κ2) is 6.83. The van der Waals surface area contributed by atoms with E-state index >= 15 is 0 Å². The molecular weight excluding hydrogens is 188 g/mol. The predicted octanol–water partition coefficient (Wildman–Crippen LogP) is 1.92. The van der Waals surface area contributed by atoms with Gasteiger partial charge in [-0.25, -0.2) is 0 Å². The number of nitrogens with one attached hydrogen (secondary N) is 2. The molecule has 0 spiro atoms. The van der Waals surface area contributed by atoms with Gasteiger partial charge in [-0.15, -0.1) is 0 Å². The third-order valence-electron chi connectivity index (χ3n) is 2.21. The van der Waals surface area contributed by atoms with Crippen LogP contribution in [-0.2, 0) is 4.79 Å². The van der Waals surface area contributed by atoms with E-state index in [0.717, 1.165) is 0 Å². The van der Waals surface area contributed by atoms with E-state index in [1.807, 2.05) is 13.8 Å². The molecule has 0 bridgehead atoms. The van der Waals surface area contributed by atoms with Crippen molar-refractivity contribution < 1.29 is 4.79 Å². The third-order valence-corrected chi connectivity index (χ3v) is 2.21. The van der Waals surface area contributed by atoms with Crippen LogP contribution in [0.25, 0.3) is 0 Å². The molecule has 0 fully saturated rings. The monoisotopic (exact) mass is 214 g/mol. The summed E-state index contributed by atoms with van der Waals surface area (Å²) in [6.07, 6.45) is 0.564. The minimum Gasteiger partial charge on any atom is -0.354 e. The molecule has 3 nitrogen and oxygen atoms in total. The van der Waals surface area contributed by atoms with Crippen LogP contribution in [0.3, 0.4) is 0 Å². The van der Waals surface area contributed by atoms with E-state index in [0.29, 0.717) is 18.4 Å². The zero-order chi connectivity index (χ0) is 12.0. The molecule has 0 saturated heterocycles. The summed E-state index contributed by atoms with van der Waals surface area (Å²) in [6.45, 7) is 12.5. The van der Waals surface area contributed by atoms with Crippen molar-refractivity contribution in [3.05, 3.63) is 0 Å². The van der Waals surface area contributed by atoms with E-state index in [1.54, 1.807) is 0 Å². The number of hydrogen-bond acceptors (Lipinski definition) is 2. The Labute approximate surface area is 94.0 Å². The van der Waals surface area contributed by atoms with Crippen molar-refractivity contribution in [2.75, 3.05) is 0 Å². The van der Waals surface area contributed by atoms with Gasteiger partial charge in [0.2, 0.25) is 5.91 Å². The Hall–Kier alpha value is -0.570. The maximum atomic E-state index is 11.6. The molecule has 0 heterocycles. The van der Waals surface area contributed by atoms with Crippen molar-refractivity contribution in [3.63, 3.8) is 0 Å². The lowest BCUT2D eigenvalue weighted by molar-refractivity contribution is -0.122. The Morgan fingerprint density at radius 2 is 1.53 bits per heavy atom. The molecule has 0 aromatic carbocycles. The Balaban J connectivity index is 4.10. The standard InChI is InChI=1S/C12H26N2O/c1-8(2)11(13-9(3)4)7-12(15)14-10(5)6/h8-11,13H,7H2,1-6H3,(H,14,15). The summed E-state index contributed by atoms with van der Waals surface area (Å²) >= 11 is 0. The number of hydrogen-bond donors (Lipinski definition) is 2. The fourth-order valence-electron chi connectivity index (χ4n) is 1.50. The highest BCUT2D eigenvalue weighted by Crippen LogP contribution is 2.07. The summed E-state index contributed by atoms with van der Waals surface area (Å²) in [5, 5.41) is 6.34. The summed E-state index contributed by atoms with van der Waals surface area (Å²) in [5.41, 5.74) is 0. The molecule has 0 saturated carbocycles. The Bertz CT molecular complexity index is 188. The zero-order valence-electron chi connectivity index (χ0n) is 10.9. The van der Waals surface area contributed by atoms with Gasteiger partial charge in [0.15, 0.2) is 0 Å². The van der Waals surface area contributed by atoms with Gasteiger partial charge in [0.25, 0.3) is 0 Å². The summed E-state index contributed by atoms with van der Waals surface area (Å²) in [4.78, 5) is 11.6. The molecule has 0 rings (SSSR count). The maximum Gasteiger partial charge on any atom is 0.221 e. The molecule has 0 aromatic rings. The number of rotatable bonds is 6. The van der Waals surface area contributed by atoms with Gasteiger partial charge >= 0.3 is 0 Å². The van der Waals surface area contributed by atoms with Gasteiger partial charge in [-0.2, -0.15) is 0 Å². The van der Waals surface area contributed by atoms with Gasteiger partial charge in [0.1, 0.15) is 0 Å². The summed E-state index contributed by atoms with van der Waals surface area (Å²) in [5.74, 6) is 0.613. The van der Waals surface area contributed by atoms with Crippen LogP contribution in [0.2, 0.25) is 0 Å². The molecule has 1 amide bonds. The number of carbonyl (C=O) groups is 1. The average Bonchev–Trinajstić information content (AvgIpc) is 1.99. The molecule has 2 N–H and O–H groups in total. The molecule has 90 valence electrons. The maximum absolute atomic E-state index is 11.6. The quantitative estimate of drug-likeness (QED) is 0.709. The van der Waals surface area contributed by atoms with E-state index < -0.39 is 0 Å². The fraction of sp³-hybridized carbons (Fsp3) is 0.917. The van der Waals surface area contributed by atoms with Gasteiger partial charge in [0.05, 0.1) is 0 Å². The molecular formula is C12H26N2O. The lowest BCUT2D eigenvalue weighted by atomic mass is 9.99. The smallest absolute Gasteiger partial charge is 0.221 e. The lowest BCUT2D eigenvalue weighted by Crippen LogP contribution is -2.43. The van der Waals surface area contributed by atoms with Crippen molar-refractivity contribution >= 4 is 5.91 Å². The largest absolute Gasteiger partial charge is 0.354 e. The predicted molar refractivity (Wildman–Crippen MR) is 64.8 cm³/mol. The van der Waals surface area contributed by atoms with Crippen molar-refractivity contribution in [1.29, 1.82) is 0 Å². The minimum absolute atomic E-state index is 0.136. The highest BCUT2D eigenvalue weighted by molar-refractivity contribution is 5.76. The van der Waals surface area contributed by atoms with Crippen molar-refractivity contribution in [1.82, 2.24) is 10.6 Å². The summed E-state index contributed by atoms with van der Waals surface area (Å²) < 4.78 is 0. The van der Waals surface area contributed by atoms with E-state index in [9.17, 15) is 4.79 Å². The average molecular weight is 214 g/mol. The van der Waals surface area contributed by atoms with E-state index in [2.05, 4.69) is 38.3 Å². The summed E-state index contributed by atoms with van der Waals surface area (Å²) in [6, 6.07) is 0.914. The van der Waals surface area contributed by atoms with Gasteiger partial charge < -0.3 is 10.6 Å². The first kappa shape index (κ1) is 14.4. The van der Waals surface area contributed by atoms with E-state index in [4.69, 9.17) is 0 Å². The van der Waals surface area contributed by atoms with Crippen LogP contribution < -0.4 is 10.6 Å². The number of amides is 1. The van der Waals surface area contributed by atoms with E-state index in [1.165, 1.54) is 0 Å². The molecule has 1 unspecified atom stereocenters. The molecule has 3 heteroatoms. The van der Waals surface area contributed by atoms with Crippen molar-refractivity contribution in [2.24, 2.45) is 5.92 Å². The highest BCUT2D eigenvalue weighted by Gasteiger charge is 2.18. The second-order valence-corrected chi connectivity index (χ2v) is 5.10. The summed E-state index contributed by atoms with van der Waals surface area (Å²) in [7, 11) is 0. The highest BCUT2D eigenvalue weighted by atomic mass is 16.1. The molecule has 1 atom stereocenters. The number of carbonyl (C=O) groups excluding carboxylic acids is 1. The minimum atomic E-state index is 0.136. The van der Waals surface area contributed by atoms with Crippen LogP contribution in [0.1, 0.15) is 48.0 Å². The van der Waals surface area contributed by atoms with Crippen molar-refractivity contribution in [3.8, 4) is 0 Å². The van der Waals surface area contributed by atoms with Gasteiger partial charge in [0, 0.05) is 24.5 Å². The Morgan fingerprint density at radius 1 is 1.00 bits per heavy atom. The first-order chi connectivity index (χ1) is 6.82. The molecule has 0 aromatic heterocycles. The molecule has 0 aliphatic carbocycles. The van der Waals surface area contributed by atoms with Gasteiger partial charge in [-0.1, -0.05) is 27.7 Å². The molecule has 15 heavy (non-hydrogen) atoms. The Kier molecular flexibility index (Phi) is 6.57. The van der Waals surface area contributed by atoms with Gasteiger partial charge in [-0.3, -0.25) is 4.79 Å². The SMILES string of the molecule is CC(C)NC(=O)CC(NC(C)C)C(C)C.